The number of fused-ring (bicyclic) bond motifs is 1. The normalized spacial score (nSPS) is 11.5. The Morgan fingerprint density at radius 2 is 1.94 bits per heavy atom. The summed E-state index contributed by atoms with van der Waals surface area (Å²) in [6, 6.07) is 14.2. The second-order valence-corrected chi connectivity index (χ2v) is 13.6. The average molecular weight is 698 g/mol. The number of aromatic carboxylic acids is 1. The molecule has 3 heterocycles. The summed E-state index contributed by atoms with van der Waals surface area (Å²) < 4.78 is 21.3. The lowest BCUT2D eigenvalue weighted by atomic mass is 10.1. The molecule has 0 spiro atoms. The molecule has 0 radical (unpaired) electrons. The minimum absolute atomic E-state index is 0.0284. The molecule has 0 saturated heterocycles. The van der Waals surface area contributed by atoms with Crippen molar-refractivity contribution < 1.29 is 19.0 Å². The SMILES string of the molecule is C#CCCCC(Nc1nc(C(=O)O)c(CCCOc2ccc(C#CCN(C)C)cc2F)s1)c1cc(C)c(Nc2nc3ccccc3s2)nn1. The van der Waals surface area contributed by atoms with Crippen LogP contribution in [0.2, 0.25) is 0 Å². The van der Waals surface area contributed by atoms with E-state index in [-0.39, 0.29) is 24.1 Å². The van der Waals surface area contributed by atoms with E-state index >= 15 is 0 Å². The van der Waals surface area contributed by atoms with Crippen molar-refractivity contribution >= 4 is 54.9 Å². The summed E-state index contributed by atoms with van der Waals surface area (Å²) in [5, 5.41) is 26.7. The van der Waals surface area contributed by atoms with Gasteiger partial charge in [0.2, 0.25) is 0 Å². The Morgan fingerprint density at radius 1 is 1.10 bits per heavy atom. The van der Waals surface area contributed by atoms with Gasteiger partial charge in [-0.2, -0.15) is 5.10 Å². The molecule has 5 aromatic rings. The lowest BCUT2D eigenvalue weighted by Gasteiger charge is -2.18. The maximum atomic E-state index is 14.6. The number of hydrogen-bond donors (Lipinski definition) is 3. The number of para-hydroxylation sites is 1. The van der Waals surface area contributed by atoms with Gasteiger partial charge < -0.3 is 20.5 Å². The van der Waals surface area contributed by atoms with Crippen LogP contribution in [0.5, 0.6) is 5.75 Å². The molecular formula is C36H36FN7O3S2. The zero-order valence-electron chi connectivity index (χ0n) is 27.4. The number of nitrogens with zero attached hydrogens (tertiary/aromatic N) is 5. The average Bonchev–Trinajstić information content (AvgIpc) is 3.68. The summed E-state index contributed by atoms with van der Waals surface area (Å²) in [5.74, 6) is 7.68. The first-order valence-corrected chi connectivity index (χ1v) is 17.3. The highest BCUT2D eigenvalue weighted by molar-refractivity contribution is 7.22. The van der Waals surface area contributed by atoms with E-state index in [0.29, 0.717) is 59.3 Å². The van der Waals surface area contributed by atoms with Crippen molar-refractivity contribution in [3.63, 3.8) is 0 Å². The fraction of sp³-hybridized carbons (Fsp3) is 0.306. The van der Waals surface area contributed by atoms with Crippen molar-refractivity contribution in [3.05, 3.63) is 81.7 Å². The third-order valence-corrected chi connectivity index (χ3v) is 9.25. The van der Waals surface area contributed by atoms with E-state index in [2.05, 4.69) is 48.6 Å². The number of ether oxygens (including phenoxy) is 1. The minimum Gasteiger partial charge on any atom is -0.491 e. The van der Waals surface area contributed by atoms with E-state index < -0.39 is 11.8 Å². The number of carboxylic acid groups (broad SMARTS) is 1. The molecular weight excluding hydrogens is 662 g/mol. The minimum atomic E-state index is -1.12. The maximum Gasteiger partial charge on any atom is 0.355 e. The van der Waals surface area contributed by atoms with E-state index in [1.165, 1.54) is 28.7 Å². The van der Waals surface area contributed by atoms with Crippen LogP contribution in [0.4, 0.5) is 20.5 Å². The Morgan fingerprint density at radius 3 is 2.67 bits per heavy atom. The quantitative estimate of drug-likeness (QED) is 0.0758. The molecule has 10 nitrogen and oxygen atoms in total. The van der Waals surface area contributed by atoms with Crippen molar-refractivity contribution in [3.8, 4) is 29.9 Å². The second kappa shape index (κ2) is 16.8. The molecule has 13 heteroatoms. The molecule has 0 saturated carbocycles. The van der Waals surface area contributed by atoms with Gasteiger partial charge in [-0.15, -0.1) is 28.8 Å². The van der Waals surface area contributed by atoms with Crippen molar-refractivity contribution in [1.82, 2.24) is 25.1 Å². The standard InChI is InChI=1S/C36H36FN7O3S2/c1-5-6-7-13-26(28-21-23(2)33(43-42-28)41-36-39-27-14-8-9-15-30(27)48-36)38-35-40-32(34(45)46)31(49-35)16-11-20-47-29-18-17-24(22-25(29)37)12-10-19-44(3)4/h1,8-9,14-15,17-18,21-22,26H,6-7,11,13,16,19-20H2,2-4H3,(H,38,40)(H,45,46)(H,39,41,43). The van der Waals surface area contributed by atoms with Crippen LogP contribution >= 0.6 is 22.7 Å². The number of anilines is 3. The lowest BCUT2D eigenvalue weighted by molar-refractivity contribution is 0.0690. The van der Waals surface area contributed by atoms with Crippen LogP contribution in [0.25, 0.3) is 10.2 Å². The van der Waals surface area contributed by atoms with Crippen molar-refractivity contribution in [2.24, 2.45) is 0 Å². The van der Waals surface area contributed by atoms with E-state index in [0.717, 1.165) is 27.3 Å². The van der Waals surface area contributed by atoms with Crippen LogP contribution in [-0.2, 0) is 6.42 Å². The molecule has 3 N–H and O–H groups in total. The summed E-state index contributed by atoms with van der Waals surface area (Å²) in [6.45, 7) is 2.72. The van der Waals surface area contributed by atoms with Crippen molar-refractivity contribution in [1.29, 1.82) is 0 Å². The first-order valence-electron chi connectivity index (χ1n) is 15.7. The van der Waals surface area contributed by atoms with E-state index in [1.807, 2.05) is 56.3 Å². The molecule has 1 atom stereocenters. The summed E-state index contributed by atoms with van der Waals surface area (Å²) in [6.07, 6.45) is 8.32. The van der Waals surface area contributed by atoms with Gasteiger partial charge in [-0.3, -0.25) is 4.90 Å². The Kier molecular flexibility index (Phi) is 12.1. The molecule has 252 valence electrons. The molecule has 0 aliphatic heterocycles. The van der Waals surface area contributed by atoms with Gasteiger partial charge in [-0.1, -0.05) is 35.3 Å². The number of aryl methyl sites for hydroxylation is 2. The monoisotopic (exact) mass is 697 g/mol. The Balaban J connectivity index is 1.24. The molecule has 0 bridgehead atoms. The predicted molar refractivity (Wildman–Crippen MR) is 193 cm³/mol. The zero-order chi connectivity index (χ0) is 34.8. The number of thiazole rings is 2. The Bertz CT molecular complexity index is 1990. The van der Waals surface area contributed by atoms with Gasteiger partial charge in [-0.05, 0) is 88.7 Å². The highest BCUT2D eigenvalue weighted by atomic mass is 32.1. The molecule has 0 aliphatic carbocycles. The summed E-state index contributed by atoms with van der Waals surface area (Å²) >= 11 is 2.80. The fourth-order valence-corrected chi connectivity index (χ4v) is 6.75. The number of benzene rings is 2. The summed E-state index contributed by atoms with van der Waals surface area (Å²) in [5.41, 5.74) is 3.01. The van der Waals surface area contributed by atoms with Crippen LogP contribution < -0.4 is 15.4 Å². The van der Waals surface area contributed by atoms with Gasteiger partial charge in [-0.25, -0.2) is 19.2 Å². The first-order chi connectivity index (χ1) is 23.7. The molecule has 2 aromatic carbocycles. The van der Waals surface area contributed by atoms with Crippen molar-refractivity contribution in [2.45, 2.75) is 45.1 Å². The number of aromatic nitrogens is 4. The number of hydrogen-bond acceptors (Lipinski definition) is 11. The summed E-state index contributed by atoms with van der Waals surface area (Å²) in [4.78, 5) is 23.6. The van der Waals surface area contributed by atoms with E-state index in [1.54, 1.807) is 12.1 Å². The number of rotatable bonds is 15. The number of terminal acetylenes is 1. The third-order valence-electron chi connectivity index (χ3n) is 7.26. The molecule has 3 aromatic heterocycles. The lowest BCUT2D eigenvalue weighted by Crippen LogP contribution is -2.14. The van der Waals surface area contributed by atoms with Crippen LogP contribution in [0.15, 0.2) is 48.5 Å². The molecule has 5 rings (SSSR count). The predicted octanol–water partition coefficient (Wildman–Crippen LogP) is 7.31. The molecule has 0 amide bonds. The Labute approximate surface area is 292 Å². The summed E-state index contributed by atoms with van der Waals surface area (Å²) in [7, 11) is 3.82. The zero-order valence-corrected chi connectivity index (χ0v) is 29.1. The van der Waals surface area contributed by atoms with Gasteiger partial charge in [0.15, 0.2) is 33.3 Å². The van der Waals surface area contributed by atoms with Crippen LogP contribution in [0.3, 0.4) is 0 Å². The van der Waals surface area contributed by atoms with Crippen LogP contribution in [-0.4, -0.2) is 63.4 Å². The number of halogens is 1. The van der Waals surface area contributed by atoms with Gasteiger partial charge in [0.1, 0.15) is 0 Å². The number of nitrogens with one attached hydrogen (secondary N) is 2. The van der Waals surface area contributed by atoms with Gasteiger partial charge >= 0.3 is 5.97 Å². The van der Waals surface area contributed by atoms with Gasteiger partial charge in [0, 0.05) is 16.9 Å². The highest BCUT2D eigenvalue weighted by Gasteiger charge is 2.22. The largest absolute Gasteiger partial charge is 0.491 e. The highest BCUT2D eigenvalue weighted by Crippen LogP contribution is 2.32. The van der Waals surface area contributed by atoms with Gasteiger partial charge in [0.25, 0.3) is 0 Å². The fourth-order valence-electron chi connectivity index (χ4n) is 4.84. The van der Waals surface area contributed by atoms with Crippen molar-refractivity contribution in [2.75, 3.05) is 37.9 Å². The van der Waals surface area contributed by atoms with Gasteiger partial charge in [0.05, 0.1) is 35.1 Å². The first kappa shape index (κ1) is 35.2. The topological polar surface area (TPSA) is 125 Å². The molecule has 49 heavy (non-hydrogen) atoms. The molecule has 1 unspecified atom stereocenters. The number of unbranched alkanes of at least 4 members (excludes halogenated alkanes) is 1. The smallest absolute Gasteiger partial charge is 0.355 e. The molecule has 0 fully saturated rings. The number of carboxylic acids is 1. The molecule has 0 aliphatic rings. The third kappa shape index (κ3) is 9.74. The van der Waals surface area contributed by atoms with E-state index in [9.17, 15) is 14.3 Å². The second-order valence-electron chi connectivity index (χ2n) is 11.4. The Hall–Kier alpha value is -5.08. The van der Waals surface area contributed by atoms with Crippen LogP contribution in [0, 0.1) is 36.9 Å². The number of carbonyl (C=O) groups is 1. The maximum absolute atomic E-state index is 14.6. The van der Waals surface area contributed by atoms with Crippen LogP contribution in [0.1, 0.15) is 63.9 Å². The van der Waals surface area contributed by atoms with E-state index in [4.69, 9.17) is 11.2 Å².